The third-order valence-corrected chi connectivity index (χ3v) is 4.30. The molecule has 0 saturated carbocycles. The zero-order valence-electron chi connectivity index (χ0n) is 9.27. The molecule has 1 aromatic carbocycles. The van der Waals surface area contributed by atoms with Gasteiger partial charge in [-0.15, -0.1) is 0 Å². The summed E-state index contributed by atoms with van der Waals surface area (Å²) in [5.41, 5.74) is 0.146. The van der Waals surface area contributed by atoms with E-state index in [2.05, 4.69) is 9.71 Å². The number of pyridine rings is 1. The molecule has 0 aliphatic carbocycles. The van der Waals surface area contributed by atoms with E-state index in [0.717, 1.165) is 12.3 Å². The summed E-state index contributed by atoms with van der Waals surface area (Å²) < 4.78 is 38.9. The maximum absolute atomic E-state index is 12.6. The molecule has 100 valence electrons. The van der Waals surface area contributed by atoms with E-state index < -0.39 is 16.0 Å². The maximum Gasteiger partial charge on any atom is 0.261 e. The molecule has 0 saturated heterocycles. The van der Waals surface area contributed by atoms with E-state index >= 15 is 0 Å². The van der Waals surface area contributed by atoms with Crippen molar-refractivity contribution in [3.63, 3.8) is 0 Å². The monoisotopic (exact) mass is 320 g/mol. The van der Waals surface area contributed by atoms with Crippen molar-refractivity contribution in [2.24, 2.45) is 0 Å². The Bertz CT molecular complexity index is 705. The van der Waals surface area contributed by atoms with E-state index in [-0.39, 0.29) is 20.6 Å². The summed E-state index contributed by atoms with van der Waals surface area (Å²) in [4.78, 5) is 3.30. The molecule has 0 atom stereocenters. The fourth-order valence-corrected chi connectivity index (χ4v) is 2.73. The van der Waals surface area contributed by atoms with Crippen LogP contribution in [0.2, 0.25) is 10.0 Å². The van der Waals surface area contributed by atoms with Crippen molar-refractivity contribution in [1.82, 2.24) is 4.98 Å². The number of anilines is 1. The Labute approximate surface area is 119 Å². The van der Waals surface area contributed by atoms with Crippen LogP contribution in [-0.2, 0) is 10.0 Å². The average Bonchev–Trinajstić information content (AvgIpc) is 2.35. The number of benzene rings is 1. The number of nitrogens with one attached hydrogen (secondary N) is 1. The maximum atomic E-state index is 12.6. The Morgan fingerprint density at radius 2 is 1.84 bits per heavy atom. The van der Waals surface area contributed by atoms with E-state index in [4.69, 9.17) is 23.2 Å². The van der Waals surface area contributed by atoms with Gasteiger partial charge in [-0.25, -0.2) is 13.4 Å². The van der Waals surface area contributed by atoms with Crippen molar-refractivity contribution in [1.29, 1.82) is 0 Å². The molecule has 2 aromatic rings. The average molecular weight is 321 g/mol. The van der Waals surface area contributed by atoms with Crippen molar-refractivity contribution < 1.29 is 12.8 Å². The molecule has 0 radical (unpaired) electrons. The second-order valence-corrected chi connectivity index (χ2v) is 6.05. The van der Waals surface area contributed by atoms with Gasteiger partial charge in [0.25, 0.3) is 10.0 Å². The summed E-state index contributed by atoms with van der Waals surface area (Å²) in [5, 5.41) is 0.380. The van der Waals surface area contributed by atoms with E-state index in [1.807, 2.05) is 0 Å². The molecule has 0 unspecified atom stereocenters. The topological polar surface area (TPSA) is 59.1 Å². The first kappa shape index (κ1) is 14.0. The standard InChI is InChI=1S/C11H7Cl2FN2O2S/c12-9-3-2-8(5-10(9)13)19(17,18)16-7-1-4-11(14)15-6-7/h1-6,16H. The largest absolute Gasteiger partial charge is 0.278 e. The highest BCUT2D eigenvalue weighted by atomic mass is 35.5. The van der Waals surface area contributed by atoms with Gasteiger partial charge in [0.15, 0.2) is 0 Å². The molecule has 4 nitrogen and oxygen atoms in total. The summed E-state index contributed by atoms with van der Waals surface area (Å²) >= 11 is 11.5. The predicted molar refractivity (Wildman–Crippen MR) is 71.5 cm³/mol. The van der Waals surface area contributed by atoms with Gasteiger partial charge in [0.1, 0.15) is 0 Å². The third-order valence-electron chi connectivity index (χ3n) is 2.18. The van der Waals surface area contributed by atoms with Crippen LogP contribution in [0.1, 0.15) is 0 Å². The van der Waals surface area contributed by atoms with Gasteiger partial charge in [-0.2, -0.15) is 4.39 Å². The van der Waals surface area contributed by atoms with Gasteiger partial charge >= 0.3 is 0 Å². The van der Waals surface area contributed by atoms with Crippen LogP contribution in [0.25, 0.3) is 0 Å². The number of rotatable bonds is 3. The Kier molecular flexibility index (Phi) is 3.93. The number of hydrogen-bond acceptors (Lipinski definition) is 3. The SMILES string of the molecule is O=S(=O)(Nc1ccc(F)nc1)c1ccc(Cl)c(Cl)c1. The highest BCUT2D eigenvalue weighted by Gasteiger charge is 2.15. The van der Waals surface area contributed by atoms with E-state index in [9.17, 15) is 12.8 Å². The van der Waals surface area contributed by atoms with Gasteiger partial charge in [0.2, 0.25) is 5.95 Å². The quantitative estimate of drug-likeness (QED) is 0.882. The van der Waals surface area contributed by atoms with Crippen molar-refractivity contribution >= 4 is 38.9 Å². The van der Waals surface area contributed by atoms with E-state index in [1.165, 1.54) is 24.3 Å². The van der Waals surface area contributed by atoms with Crippen LogP contribution in [0, 0.1) is 5.95 Å². The van der Waals surface area contributed by atoms with E-state index in [0.29, 0.717) is 0 Å². The van der Waals surface area contributed by atoms with Gasteiger partial charge in [-0.05, 0) is 30.3 Å². The minimum Gasteiger partial charge on any atom is -0.278 e. The summed E-state index contributed by atoms with van der Waals surface area (Å²) in [6.07, 6.45) is 1.07. The zero-order valence-corrected chi connectivity index (χ0v) is 11.6. The number of aromatic nitrogens is 1. The highest BCUT2D eigenvalue weighted by Crippen LogP contribution is 2.25. The van der Waals surface area contributed by atoms with Crippen LogP contribution in [0.4, 0.5) is 10.1 Å². The summed E-state index contributed by atoms with van der Waals surface area (Å²) in [5.74, 6) is -0.697. The lowest BCUT2D eigenvalue weighted by atomic mass is 10.4. The van der Waals surface area contributed by atoms with Gasteiger partial charge < -0.3 is 0 Å². The van der Waals surface area contributed by atoms with Crippen molar-refractivity contribution in [3.8, 4) is 0 Å². The fourth-order valence-electron chi connectivity index (χ4n) is 1.29. The smallest absolute Gasteiger partial charge is 0.261 e. The van der Waals surface area contributed by atoms with Crippen LogP contribution >= 0.6 is 23.2 Å². The van der Waals surface area contributed by atoms with Crippen molar-refractivity contribution in [3.05, 3.63) is 52.5 Å². The molecular weight excluding hydrogens is 314 g/mol. The first-order valence-electron chi connectivity index (χ1n) is 4.98. The highest BCUT2D eigenvalue weighted by molar-refractivity contribution is 7.92. The number of nitrogens with zero attached hydrogens (tertiary/aromatic N) is 1. The molecule has 8 heteroatoms. The minimum atomic E-state index is -3.82. The van der Waals surface area contributed by atoms with Gasteiger partial charge in [0.05, 0.1) is 26.8 Å². The lowest BCUT2D eigenvalue weighted by Crippen LogP contribution is -2.13. The Hall–Kier alpha value is -1.37. The molecule has 0 amide bonds. The molecule has 1 aromatic heterocycles. The Morgan fingerprint density at radius 1 is 1.11 bits per heavy atom. The van der Waals surface area contributed by atoms with Crippen LogP contribution in [0.3, 0.4) is 0 Å². The lowest BCUT2D eigenvalue weighted by Gasteiger charge is -2.08. The molecule has 19 heavy (non-hydrogen) atoms. The number of hydrogen-bond donors (Lipinski definition) is 1. The summed E-state index contributed by atoms with van der Waals surface area (Å²) in [6.45, 7) is 0. The predicted octanol–water partition coefficient (Wildman–Crippen LogP) is 3.33. The fraction of sp³-hybridized carbons (Fsp3) is 0. The third kappa shape index (κ3) is 3.34. The number of halogens is 3. The molecule has 0 fully saturated rings. The molecule has 0 spiro atoms. The first-order chi connectivity index (χ1) is 8.88. The molecule has 2 rings (SSSR count). The lowest BCUT2D eigenvalue weighted by molar-refractivity contribution is 0.583. The number of sulfonamides is 1. The normalized spacial score (nSPS) is 11.3. The van der Waals surface area contributed by atoms with Gasteiger partial charge in [-0.1, -0.05) is 23.2 Å². The van der Waals surface area contributed by atoms with Gasteiger partial charge in [0, 0.05) is 0 Å². The molecule has 0 bridgehead atoms. The zero-order chi connectivity index (χ0) is 14.0. The van der Waals surface area contributed by atoms with Crippen molar-refractivity contribution in [2.75, 3.05) is 4.72 Å². The Balaban J connectivity index is 2.32. The minimum absolute atomic E-state index is 0.0498. The molecular formula is C11H7Cl2FN2O2S. The summed E-state index contributed by atoms with van der Waals surface area (Å²) in [7, 11) is -3.82. The summed E-state index contributed by atoms with van der Waals surface area (Å²) in [6, 6.07) is 6.22. The molecule has 0 aliphatic heterocycles. The van der Waals surface area contributed by atoms with Crippen LogP contribution in [0.15, 0.2) is 41.4 Å². The molecule has 1 heterocycles. The second kappa shape index (κ2) is 5.32. The van der Waals surface area contributed by atoms with Gasteiger partial charge in [-0.3, -0.25) is 4.72 Å². The van der Waals surface area contributed by atoms with E-state index in [1.54, 1.807) is 0 Å². The molecule has 0 aliphatic rings. The van der Waals surface area contributed by atoms with Crippen LogP contribution in [-0.4, -0.2) is 13.4 Å². The Morgan fingerprint density at radius 3 is 2.42 bits per heavy atom. The van der Waals surface area contributed by atoms with Crippen LogP contribution < -0.4 is 4.72 Å². The second-order valence-electron chi connectivity index (χ2n) is 3.55. The van der Waals surface area contributed by atoms with Crippen molar-refractivity contribution in [2.45, 2.75) is 4.90 Å². The van der Waals surface area contributed by atoms with Crippen LogP contribution in [0.5, 0.6) is 0 Å². The molecule has 1 N–H and O–H groups in total. The first-order valence-corrected chi connectivity index (χ1v) is 7.22.